The summed E-state index contributed by atoms with van der Waals surface area (Å²) in [6.07, 6.45) is 0.947. The van der Waals surface area contributed by atoms with Gasteiger partial charge < -0.3 is 9.64 Å². The number of esters is 1. The van der Waals surface area contributed by atoms with E-state index in [1.54, 1.807) is 4.90 Å². The van der Waals surface area contributed by atoms with E-state index < -0.39 is 0 Å². The molecule has 0 spiro atoms. The molecule has 0 bridgehead atoms. The maximum Gasteiger partial charge on any atom is 0.307 e. The molecule has 4 nitrogen and oxygen atoms in total. The summed E-state index contributed by atoms with van der Waals surface area (Å²) in [4.78, 5) is 26.0. The van der Waals surface area contributed by atoms with Crippen LogP contribution in [0, 0.1) is 6.92 Å². The number of benzene rings is 2. The Kier molecular flexibility index (Phi) is 6.55. The molecule has 0 aromatic heterocycles. The highest BCUT2D eigenvalue weighted by atomic mass is 16.5. The Hall–Kier alpha value is -2.62. The van der Waals surface area contributed by atoms with Crippen molar-refractivity contribution >= 4 is 11.9 Å². The molecule has 0 aliphatic carbocycles. The molecule has 0 saturated carbocycles. The molecule has 0 saturated heterocycles. The second kappa shape index (κ2) is 8.87. The van der Waals surface area contributed by atoms with E-state index in [4.69, 9.17) is 4.74 Å². The van der Waals surface area contributed by atoms with Gasteiger partial charge in [-0.25, -0.2) is 0 Å². The molecule has 0 atom stereocenters. The highest BCUT2D eigenvalue weighted by Crippen LogP contribution is 2.10. The van der Waals surface area contributed by atoms with Gasteiger partial charge in [0.1, 0.15) is 0 Å². The Morgan fingerprint density at radius 1 is 1.00 bits per heavy atom. The molecule has 24 heavy (non-hydrogen) atoms. The first-order valence-electron chi connectivity index (χ1n) is 8.07. The van der Waals surface area contributed by atoms with Crippen LogP contribution in [0.15, 0.2) is 54.6 Å². The van der Waals surface area contributed by atoms with E-state index in [1.807, 2.05) is 61.5 Å². The van der Waals surface area contributed by atoms with Crippen LogP contribution in [0.1, 0.15) is 27.9 Å². The molecule has 2 aromatic carbocycles. The van der Waals surface area contributed by atoms with Gasteiger partial charge in [-0.2, -0.15) is 0 Å². The highest BCUT2D eigenvalue weighted by molar-refractivity contribution is 5.94. The predicted octanol–water partition coefficient (Wildman–Crippen LogP) is 3.24. The third-order valence-electron chi connectivity index (χ3n) is 3.88. The van der Waals surface area contributed by atoms with Gasteiger partial charge in [-0.05, 0) is 31.0 Å². The fourth-order valence-electron chi connectivity index (χ4n) is 2.51. The minimum atomic E-state index is -0.309. The maximum absolute atomic E-state index is 12.8. The topological polar surface area (TPSA) is 46.6 Å². The van der Waals surface area contributed by atoms with Crippen molar-refractivity contribution in [1.82, 2.24) is 4.90 Å². The van der Waals surface area contributed by atoms with Crippen molar-refractivity contribution in [2.45, 2.75) is 19.8 Å². The lowest BCUT2D eigenvalue weighted by Crippen LogP contribution is -2.35. The van der Waals surface area contributed by atoms with Crippen LogP contribution >= 0.6 is 0 Å². The van der Waals surface area contributed by atoms with Gasteiger partial charge in [0.25, 0.3) is 5.91 Å². The number of carbonyl (C=O) groups is 2. The number of aryl methyl sites for hydroxylation is 1. The molecule has 2 rings (SSSR count). The standard InChI is InChI=1S/C20H23NO3/c1-16-7-6-10-18(15-16)20(23)21(14-12-19(22)24-2)13-11-17-8-4-3-5-9-17/h3-10,15H,11-14H2,1-2H3. The van der Waals surface area contributed by atoms with Crippen LogP contribution in [0.4, 0.5) is 0 Å². The van der Waals surface area contributed by atoms with Crippen LogP contribution in [0.25, 0.3) is 0 Å². The summed E-state index contributed by atoms with van der Waals surface area (Å²) in [5, 5.41) is 0. The summed E-state index contributed by atoms with van der Waals surface area (Å²) in [6.45, 7) is 2.87. The molecule has 0 fully saturated rings. The van der Waals surface area contributed by atoms with E-state index in [-0.39, 0.29) is 18.3 Å². The number of methoxy groups -OCH3 is 1. The minimum absolute atomic E-state index is 0.0569. The van der Waals surface area contributed by atoms with Gasteiger partial charge in [0.15, 0.2) is 0 Å². The van der Waals surface area contributed by atoms with E-state index in [2.05, 4.69) is 0 Å². The third kappa shape index (κ3) is 5.23. The molecule has 0 aliphatic rings. The number of nitrogens with zero attached hydrogens (tertiary/aromatic N) is 1. The van der Waals surface area contributed by atoms with Gasteiger partial charge in [-0.15, -0.1) is 0 Å². The van der Waals surface area contributed by atoms with Gasteiger partial charge in [0.2, 0.25) is 0 Å². The second-order valence-electron chi connectivity index (χ2n) is 5.72. The molecule has 0 heterocycles. The lowest BCUT2D eigenvalue weighted by Gasteiger charge is -2.22. The first-order valence-corrected chi connectivity index (χ1v) is 8.07. The van der Waals surface area contributed by atoms with E-state index in [9.17, 15) is 9.59 Å². The fourth-order valence-corrected chi connectivity index (χ4v) is 2.51. The molecular formula is C20H23NO3. The summed E-state index contributed by atoms with van der Waals surface area (Å²) in [7, 11) is 1.36. The SMILES string of the molecule is COC(=O)CCN(CCc1ccccc1)C(=O)c1cccc(C)c1. The van der Waals surface area contributed by atoms with Gasteiger partial charge in [0, 0.05) is 18.7 Å². The number of amides is 1. The lowest BCUT2D eigenvalue weighted by molar-refractivity contribution is -0.140. The van der Waals surface area contributed by atoms with Crippen molar-refractivity contribution in [2.75, 3.05) is 20.2 Å². The summed E-state index contributed by atoms with van der Waals surface area (Å²) in [5.74, 6) is -0.365. The number of hydrogen-bond donors (Lipinski definition) is 0. The Balaban J connectivity index is 2.09. The van der Waals surface area contributed by atoms with Crippen LogP contribution in [-0.2, 0) is 16.0 Å². The average Bonchev–Trinajstić information content (AvgIpc) is 2.61. The molecule has 0 aliphatic heterocycles. The molecule has 0 unspecified atom stereocenters. The zero-order valence-corrected chi connectivity index (χ0v) is 14.2. The Morgan fingerprint density at radius 3 is 2.42 bits per heavy atom. The zero-order chi connectivity index (χ0) is 17.4. The molecule has 4 heteroatoms. The molecule has 126 valence electrons. The van der Waals surface area contributed by atoms with E-state index in [0.29, 0.717) is 18.7 Å². The molecular weight excluding hydrogens is 302 g/mol. The first kappa shape index (κ1) is 17.7. The minimum Gasteiger partial charge on any atom is -0.469 e. The Morgan fingerprint density at radius 2 is 1.75 bits per heavy atom. The van der Waals surface area contributed by atoms with Gasteiger partial charge in [0.05, 0.1) is 13.5 Å². The fraction of sp³-hybridized carbons (Fsp3) is 0.300. The molecule has 0 N–H and O–H groups in total. The number of rotatable bonds is 7. The normalized spacial score (nSPS) is 10.2. The number of hydrogen-bond acceptors (Lipinski definition) is 3. The summed E-state index contributed by atoms with van der Waals surface area (Å²) >= 11 is 0. The molecule has 0 radical (unpaired) electrons. The molecule has 1 amide bonds. The van der Waals surface area contributed by atoms with Crippen molar-refractivity contribution < 1.29 is 14.3 Å². The van der Waals surface area contributed by atoms with E-state index in [1.165, 1.54) is 7.11 Å². The second-order valence-corrected chi connectivity index (χ2v) is 5.72. The Labute approximate surface area is 143 Å². The van der Waals surface area contributed by atoms with Crippen LogP contribution in [0.5, 0.6) is 0 Å². The quantitative estimate of drug-likeness (QED) is 0.734. The summed E-state index contributed by atoms with van der Waals surface area (Å²) in [5.41, 5.74) is 2.85. The predicted molar refractivity (Wildman–Crippen MR) is 93.9 cm³/mol. The van der Waals surface area contributed by atoms with Gasteiger partial charge in [-0.3, -0.25) is 9.59 Å². The monoisotopic (exact) mass is 325 g/mol. The summed E-state index contributed by atoms with van der Waals surface area (Å²) in [6, 6.07) is 17.5. The zero-order valence-electron chi connectivity index (χ0n) is 14.2. The van der Waals surface area contributed by atoms with Gasteiger partial charge in [-0.1, -0.05) is 48.0 Å². The van der Waals surface area contributed by atoms with Crippen molar-refractivity contribution in [3.05, 3.63) is 71.3 Å². The lowest BCUT2D eigenvalue weighted by atomic mass is 10.1. The largest absolute Gasteiger partial charge is 0.469 e. The van der Waals surface area contributed by atoms with Crippen molar-refractivity contribution in [2.24, 2.45) is 0 Å². The number of ether oxygens (including phenoxy) is 1. The van der Waals surface area contributed by atoms with Crippen molar-refractivity contribution in [1.29, 1.82) is 0 Å². The third-order valence-corrected chi connectivity index (χ3v) is 3.88. The first-order chi connectivity index (χ1) is 11.6. The summed E-state index contributed by atoms with van der Waals surface area (Å²) < 4.78 is 4.69. The highest BCUT2D eigenvalue weighted by Gasteiger charge is 2.17. The van der Waals surface area contributed by atoms with Crippen LogP contribution in [0.2, 0.25) is 0 Å². The van der Waals surface area contributed by atoms with Crippen molar-refractivity contribution in [3.8, 4) is 0 Å². The average molecular weight is 325 g/mol. The molecule has 2 aromatic rings. The van der Waals surface area contributed by atoms with E-state index in [0.717, 1.165) is 17.5 Å². The van der Waals surface area contributed by atoms with Crippen LogP contribution < -0.4 is 0 Å². The number of carbonyl (C=O) groups excluding carboxylic acids is 2. The van der Waals surface area contributed by atoms with Crippen LogP contribution in [0.3, 0.4) is 0 Å². The van der Waals surface area contributed by atoms with Gasteiger partial charge >= 0.3 is 5.97 Å². The Bertz CT molecular complexity index is 682. The van der Waals surface area contributed by atoms with E-state index >= 15 is 0 Å². The van der Waals surface area contributed by atoms with Crippen molar-refractivity contribution in [3.63, 3.8) is 0 Å². The van der Waals surface area contributed by atoms with Crippen LogP contribution in [-0.4, -0.2) is 37.0 Å². The smallest absolute Gasteiger partial charge is 0.307 e. The maximum atomic E-state index is 12.8.